The number of ether oxygens (including phenoxy) is 2. The van der Waals surface area contributed by atoms with Crippen LogP contribution in [0.4, 0.5) is 10.2 Å². The molecule has 4 nitrogen and oxygen atoms in total. The van der Waals surface area contributed by atoms with Crippen molar-refractivity contribution in [1.82, 2.24) is 4.98 Å². The van der Waals surface area contributed by atoms with Crippen LogP contribution < -0.4 is 9.64 Å². The lowest BCUT2D eigenvalue weighted by Crippen LogP contribution is -2.20. The molecule has 1 unspecified atom stereocenters. The number of rotatable bonds is 6. The molecule has 0 radical (unpaired) electrons. The molecule has 1 aromatic carbocycles. The summed E-state index contributed by atoms with van der Waals surface area (Å²) in [6, 6.07) is 10.7. The van der Waals surface area contributed by atoms with Crippen LogP contribution in [-0.2, 0) is 11.3 Å². The maximum atomic E-state index is 13.3. The summed E-state index contributed by atoms with van der Waals surface area (Å²) in [5.41, 5.74) is 1.01. The van der Waals surface area contributed by atoms with E-state index in [9.17, 15) is 4.39 Å². The summed E-state index contributed by atoms with van der Waals surface area (Å²) < 4.78 is 25.9. The molecular formula is C18H20BrFN2O2. The summed E-state index contributed by atoms with van der Waals surface area (Å²) in [7, 11) is 1.88. The van der Waals surface area contributed by atoms with E-state index in [0.29, 0.717) is 19.0 Å². The van der Waals surface area contributed by atoms with Crippen LogP contribution in [0.3, 0.4) is 0 Å². The zero-order chi connectivity index (χ0) is 16.9. The Hall–Kier alpha value is -1.66. The van der Waals surface area contributed by atoms with Gasteiger partial charge >= 0.3 is 0 Å². The first-order chi connectivity index (χ1) is 11.6. The van der Waals surface area contributed by atoms with Crippen LogP contribution in [0.25, 0.3) is 0 Å². The van der Waals surface area contributed by atoms with E-state index < -0.39 is 5.95 Å². The SMILES string of the molecule is CN(Cc1cccc(Br)c1OCC1CCCO1)c1cccc(F)n1. The van der Waals surface area contributed by atoms with Gasteiger partial charge in [0.1, 0.15) is 18.2 Å². The fraction of sp³-hybridized carbons (Fsp3) is 0.389. The first-order valence-corrected chi connectivity index (χ1v) is 8.78. The second kappa shape index (κ2) is 7.94. The Morgan fingerprint density at radius 3 is 2.92 bits per heavy atom. The Morgan fingerprint density at radius 1 is 1.33 bits per heavy atom. The van der Waals surface area contributed by atoms with Gasteiger partial charge in [-0.05, 0) is 47.0 Å². The van der Waals surface area contributed by atoms with E-state index in [1.807, 2.05) is 30.1 Å². The van der Waals surface area contributed by atoms with Gasteiger partial charge in [-0.25, -0.2) is 4.98 Å². The lowest BCUT2D eigenvalue weighted by atomic mass is 10.2. The van der Waals surface area contributed by atoms with Crippen molar-refractivity contribution < 1.29 is 13.9 Å². The van der Waals surface area contributed by atoms with E-state index in [1.165, 1.54) is 6.07 Å². The molecule has 0 amide bonds. The van der Waals surface area contributed by atoms with Gasteiger partial charge in [0, 0.05) is 25.8 Å². The molecule has 6 heteroatoms. The van der Waals surface area contributed by atoms with Gasteiger partial charge in [0.25, 0.3) is 0 Å². The zero-order valence-corrected chi connectivity index (χ0v) is 15.1. The van der Waals surface area contributed by atoms with Gasteiger partial charge in [0.2, 0.25) is 5.95 Å². The fourth-order valence-corrected chi connectivity index (χ4v) is 3.26. The maximum absolute atomic E-state index is 13.3. The third kappa shape index (κ3) is 4.24. The van der Waals surface area contributed by atoms with E-state index in [4.69, 9.17) is 9.47 Å². The quantitative estimate of drug-likeness (QED) is 0.688. The van der Waals surface area contributed by atoms with Gasteiger partial charge in [0.15, 0.2) is 0 Å². The smallest absolute Gasteiger partial charge is 0.214 e. The van der Waals surface area contributed by atoms with E-state index in [-0.39, 0.29) is 6.10 Å². The number of halogens is 2. The molecule has 2 aromatic rings. The largest absolute Gasteiger partial charge is 0.489 e. The van der Waals surface area contributed by atoms with Crippen molar-refractivity contribution in [2.45, 2.75) is 25.5 Å². The first-order valence-electron chi connectivity index (χ1n) is 7.99. The summed E-state index contributed by atoms with van der Waals surface area (Å²) in [4.78, 5) is 5.81. The molecule has 1 atom stereocenters. The summed E-state index contributed by atoms with van der Waals surface area (Å²) in [6.45, 7) is 1.92. The lowest BCUT2D eigenvalue weighted by molar-refractivity contribution is 0.0673. The van der Waals surface area contributed by atoms with Gasteiger partial charge in [0.05, 0.1) is 10.6 Å². The second-order valence-electron chi connectivity index (χ2n) is 5.85. The van der Waals surface area contributed by atoms with E-state index in [0.717, 1.165) is 35.2 Å². The van der Waals surface area contributed by atoms with Crippen LogP contribution in [0.2, 0.25) is 0 Å². The molecule has 1 aromatic heterocycles. The highest BCUT2D eigenvalue weighted by Crippen LogP contribution is 2.31. The van der Waals surface area contributed by atoms with Gasteiger partial charge in [-0.3, -0.25) is 0 Å². The molecular weight excluding hydrogens is 375 g/mol. The minimum absolute atomic E-state index is 0.160. The van der Waals surface area contributed by atoms with Crippen LogP contribution in [-0.4, -0.2) is 31.3 Å². The van der Waals surface area contributed by atoms with E-state index >= 15 is 0 Å². The molecule has 1 aliphatic heterocycles. The summed E-state index contributed by atoms with van der Waals surface area (Å²) in [5, 5.41) is 0. The number of anilines is 1. The van der Waals surface area contributed by atoms with Crippen LogP contribution in [0, 0.1) is 5.95 Å². The molecule has 0 saturated carbocycles. The molecule has 1 fully saturated rings. The summed E-state index contributed by atoms with van der Waals surface area (Å²) in [5.74, 6) is 0.903. The third-order valence-corrected chi connectivity index (χ3v) is 4.61. The molecule has 2 heterocycles. The number of para-hydroxylation sites is 1. The molecule has 0 bridgehead atoms. The van der Waals surface area contributed by atoms with Crippen molar-refractivity contribution in [3.63, 3.8) is 0 Å². The normalized spacial score (nSPS) is 17.0. The number of nitrogens with zero attached hydrogens (tertiary/aromatic N) is 2. The standard InChI is InChI=1S/C18H20BrFN2O2/c1-22(17-9-3-8-16(20)21-17)11-13-5-2-7-15(19)18(13)24-12-14-6-4-10-23-14/h2-3,5,7-9,14H,4,6,10-12H2,1H3. The maximum Gasteiger partial charge on any atom is 0.214 e. The minimum atomic E-state index is -0.483. The fourth-order valence-electron chi connectivity index (χ4n) is 2.74. The van der Waals surface area contributed by atoms with Crippen LogP contribution in [0.15, 0.2) is 40.9 Å². The molecule has 0 aliphatic carbocycles. The van der Waals surface area contributed by atoms with Crippen molar-refractivity contribution >= 4 is 21.7 Å². The minimum Gasteiger partial charge on any atom is -0.489 e. The van der Waals surface area contributed by atoms with Crippen molar-refractivity contribution in [2.75, 3.05) is 25.2 Å². The van der Waals surface area contributed by atoms with Crippen LogP contribution >= 0.6 is 15.9 Å². The van der Waals surface area contributed by atoms with E-state index in [2.05, 4.69) is 20.9 Å². The monoisotopic (exact) mass is 394 g/mol. The number of benzene rings is 1. The average Bonchev–Trinajstić information content (AvgIpc) is 3.08. The van der Waals surface area contributed by atoms with Gasteiger partial charge in [-0.2, -0.15) is 4.39 Å². The van der Waals surface area contributed by atoms with Crippen molar-refractivity contribution in [1.29, 1.82) is 0 Å². The molecule has 24 heavy (non-hydrogen) atoms. The molecule has 3 rings (SSSR count). The Bertz CT molecular complexity index is 692. The van der Waals surface area contributed by atoms with Gasteiger partial charge in [-0.1, -0.05) is 18.2 Å². The number of hydrogen-bond donors (Lipinski definition) is 0. The van der Waals surface area contributed by atoms with Crippen molar-refractivity contribution in [3.05, 3.63) is 52.4 Å². The number of aromatic nitrogens is 1. The number of hydrogen-bond acceptors (Lipinski definition) is 4. The second-order valence-corrected chi connectivity index (χ2v) is 6.70. The average molecular weight is 395 g/mol. The highest BCUT2D eigenvalue weighted by molar-refractivity contribution is 9.10. The molecule has 128 valence electrons. The molecule has 1 saturated heterocycles. The molecule has 0 spiro atoms. The highest BCUT2D eigenvalue weighted by atomic mass is 79.9. The highest BCUT2D eigenvalue weighted by Gasteiger charge is 2.18. The topological polar surface area (TPSA) is 34.6 Å². The molecule has 0 N–H and O–H groups in total. The van der Waals surface area contributed by atoms with Crippen LogP contribution in [0.5, 0.6) is 5.75 Å². The van der Waals surface area contributed by atoms with Crippen molar-refractivity contribution in [2.24, 2.45) is 0 Å². The summed E-state index contributed by atoms with van der Waals surface area (Å²) in [6.07, 6.45) is 2.28. The van der Waals surface area contributed by atoms with E-state index in [1.54, 1.807) is 12.1 Å². The van der Waals surface area contributed by atoms with Gasteiger partial charge in [-0.15, -0.1) is 0 Å². The van der Waals surface area contributed by atoms with Crippen LogP contribution in [0.1, 0.15) is 18.4 Å². The lowest BCUT2D eigenvalue weighted by Gasteiger charge is -2.21. The van der Waals surface area contributed by atoms with Gasteiger partial charge < -0.3 is 14.4 Å². The Kier molecular flexibility index (Phi) is 5.68. The molecule has 1 aliphatic rings. The predicted molar refractivity (Wildman–Crippen MR) is 94.9 cm³/mol. The Balaban J connectivity index is 1.73. The predicted octanol–water partition coefficient (Wildman–Crippen LogP) is 4.18. The first kappa shape index (κ1) is 17.2. The Labute approximate surface area is 149 Å². The summed E-state index contributed by atoms with van der Waals surface area (Å²) >= 11 is 3.55. The number of pyridine rings is 1. The third-order valence-electron chi connectivity index (χ3n) is 3.99. The van der Waals surface area contributed by atoms with Crippen molar-refractivity contribution in [3.8, 4) is 5.75 Å². The zero-order valence-electron chi connectivity index (χ0n) is 13.5. The Morgan fingerprint density at radius 2 is 2.17 bits per heavy atom.